The second kappa shape index (κ2) is 15.1. The molecule has 0 saturated carbocycles. The predicted octanol–water partition coefficient (Wildman–Crippen LogP) is 3.84. The third-order valence-corrected chi connectivity index (χ3v) is 11.8. The van der Waals surface area contributed by atoms with Crippen LogP contribution in [0.25, 0.3) is 0 Å². The fourth-order valence-electron chi connectivity index (χ4n) is 8.50. The lowest BCUT2D eigenvalue weighted by Crippen LogP contribution is -2.65. The summed E-state index contributed by atoms with van der Waals surface area (Å²) in [5, 5.41) is 8.93. The van der Waals surface area contributed by atoms with Crippen molar-refractivity contribution >= 4 is 52.2 Å². The van der Waals surface area contributed by atoms with Crippen molar-refractivity contribution in [2.24, 2.45) is 0 Å². The number of imide groups is 1. The first-order chi connectivity index (χ1) is 27.7. The number of anilines is 6. The molecule has 0 aliphatic carbocycles. The molecular weight excluding hydrogens is 730 g/mol. The minimum Gasteiger partial charge on any atom is -0.474 e. The standard InChI is InChI=1S/C41H46FN11O4/c1-25-21-49(32-22-51(23-32)30-5-7-31(8-6-30)53-13-10-36(54)48-41(53)56)14-15-52(25)37(55)17-27-3-4-29(18-33(27)42)46-40-45-19-28-9-12-50(24-34(28)47-40)35-20-44-39-38(26(35)2)43-11-16-57-39/h3-8,18-20,25,32,43H,9-17,21-24H2,1-2H3,(H,45,46,47)(H,48,54,56). The molecule has 5 aliphatic rings. The minimum absolute atomic E-state index is 0.00124. The number of ether oxygens (including phenoxy) is 1. The van der Waals surface area contributed by atoms with Crippen molar-refractivity contribution in [3.05, 3.63) is 83.1 Å². The van der Waals surface area contributed by atoms with E-state index in [0.717, 1.165) is 85.3 Å². The van der Waals surface area contributed by atoms with Crippen LogP contribution in [-0.2, 0) is 29.0 Å². The zero-order chi connectivity index (χ0) is 39.2. The molecule has 4 amide bonds. The number of benzene rings is 2. The Morgan fingerprint density at radius 2 is 1.79 bits per heavy atom. The van der Waals surface area contributed by atoms with Crippen LogP contribution < -0.4 is 35.4 Å². The number of amides is 4. The molecule has 0 spiro atoms. The Labute approximate surface area is 330 Å². The Hall–Kier alpha value is -6.03. The highest BCUT2D eigenvalue weighted by molar-refractivity contribution is 6.05. The molecule has 1 unspecified atom stereocenters. The van der Waals surface area contributed by atoms with Crippen LogP contribution in [0.2, 0.25) is 0 Å². The Bertz CT molecular complexity index is 2220. The van der Waals surface area contributed by atoms with Crippen LogP contribution in [-0.4, -0.2) is 114 Å². The fraction of sp³-hybridized carbons (Fsp3) is 0.415. The number of nitrogens with zero attached hydrogens (tertiary/aromatic N) is 8. The van der Waals surface area contributed by atoms with Gasteiger partial charge in [-0.1, -0.05) is 6.07 Å². The summed E-state index contributed by atoms with van der Waals surface area (Å²) in [5.41, 5.74) is 7.76. The number of rotatable bonds is 8. The van der Waals surface area contributed by atoms with Gasteiger partial charge < -0.3 is 30.1 Å². The van der Waals surface area contributed by atoms with E-state index in [1.54, 1.807) is 17.0 Å². The van der Waals surface area contributed by atoms with Crippen LogP contribution in [0.15, 0.2) is 54.9 Å². The summed E-state index contributed by atoms with van der Waals surface area (Å²) >= 11 is 0. The summed E-state index contributed by atoms with van der Waals surface area (Å²) in [5.74, 6) is 0.239. The summed E-state index contributed by atoms with van der Waals surface area (Å²) in [6.45, 7) is 11.1. The fourth-order valence-corrected chi connectivity index (χ4v) is 8.50. The van der Waals surface area contributed by atoms with E-state index in [4.69, 9.17) is 9.72 Å². The summed E-state index contributed by atoms with van der Waals surface area (Å²) < 4.78 is 21.2. The largest absolute Gasteiger partial charge is 0.474 e. The van der Waals surface area contributed by atoms with Gasteiger partial charge in [-0.2, -0.15) is 0 Å². The third-order valence-electron chi connectivity index (χ3n) is 11.8. The molecule has 7 heterocycles. The minimum atomic E-state index is -0.450. The predicted molar refractivity (Wildman–Crippen MR) is 214 cm³/mol. The average molecular weight is 776 g/mol. The maximum atomic E-state index is 15.5. The van der Waals surface area contributed by atoms with Gasteiger partial charge in [0.2, 0.25) is 23.6 Å². The molecule has 4 aromatic rings. The van der Waals surface area contributed by atoms with Crippen molar-refractivity contribution in [2.75, 3.05) is 84.3 Å². The first kappa shape index (κ1) is 36.6. The zero-order valence-corrected chi connectivity index (χ0v) is 32.1. The highest BCUT2D eigenvalue weighted by Crippen LogP contribution is 2.36. The van der Waals surface area contributed by atoms with Gasteiger partial charge in [0.25, 0.3) is 0 Å². The van der Waals surface area contributed by atoms with E-state index in [0.29, 0.717) is 61.8 Å². The van der Waals surface area contributed by atoms with Crippen LogP contribution in [0.4, 0.5) is 43.6 Å². The van der Waals surface area contributed by atoms with E-state index in [2.05, 4.69) is 54.5 Å². The number of hydrogen-bond donors (Lipinski definition) is 3. The molecule has 57 heavy (non-hydrogen) atoms. The lowest BCUT2D eigenvalue weighted by Gasteiger charge is -2.50. The SMILES string of the molecule is Cc1c(N2CCc3cnc(Nc4ccc(CC(=O)N5CCN(C6CN(c7ccc(N8CCC(=O)NC8=O)cc7)C6)CC5C)c(F)c4)nc3C2)cnc2c1NCCO2. The zero-order valence-electron chi connectivity index (χ0n) is 32.1. The molecule has 3 fully saturated rings. The number of aromatic nitrogens is 3. The molecule has 296 valence electrons. The summed E-state index contributed by atoms with van der Waals surface area (Å²) in [6.07, 6.45) is 4.78. The molecular formula is C41H46FN11O4. The number of carbonyl (C=O) groups is 3. The molecule has 9 rings (SSSR count). The normalized spacial score (nSPS) is 19.9. The van der Waals surface area contributed by atoms with Crippen molar-refractivity contribution < 1.29 is 23.5 Å². The van der Waals surface area contributed by atoms with E-state index in [9.17, 15) is 14.4 Å². The molecule has 2 aromatic heterocycles. The van der Waals surface area contributed by atoms with Gasteiger partial charge in [0.1, 0.15) is 18.1 Å². The second-order valence-electron chi connectivity index (χ2n) is 15.4. The molecule has 0 bridgehead atoms. The number of pyridine rings is 1. The average Bonchev–Trinajstić information content (AvgIpc) is 3.19. The van der Waals surface area contributed by atoms with E-state index >= 15 is 4.39 Å². The number of hydrogen-bond acceptors (Lipinski definition) is 12. The molecule has 0 radical (unpaired) electrons. The van der Waals surface area contributed by atoms with Gasteiger partial charge in [-0.3, -0.25) is 24.7 Å². The van der Waals surface area contributed by atoms with Crippen LogP contribution in [0.3, 0.4) is 0 Å². The van der Waals surface area contributed by atoms with Gasteiger partial charge in [-0.25, -0.2) is 24.1 Å². The Kier molecular flexibility index (Phi) is 9.72. The maximum absolute atomic E-state index is 15.5. The second-order valence-corrected chi connectivity index (χ2v) is 15.4. The maximum Gasteiger partial charge on any atom is 0.328 e. The van der Waals surface area contributed by atoms with Crippen LogP contribution in [0.1, 0.15) is 35.7 Å². The van der Waals surface area contributed by atoms with Crippen LogP contribution >= 0.6 is 0 Å². The Morgan fingerprint density at radius 3 is 2.58 bits per heavy atom. The summed E-state index contributed by atoms with van der Waals surface area (Å²) in [7, 11) is 0. The van der Waals surface area contributed by atoms with Crippen molar-refractivity contribution in [3.63, 3.8) is 0 Å². The van der Waals surface area contributed by atoms with E-state index < -0.39 is 5.82 Å². The van der Waals surface area contributed by atoms with Gasteiger partial charge in [0.05, 0.1) is 30.5 Å². The topological polar surface area (TPSA) is 151 Å². The number of piperazine rings is 1. The van der Waals surface area contributed by atoms with Crippen molar-refractivity contribution in [3.8, 4) is 5.88 Å². The molecule has 2 aromatic carbocycles. The van der Waals surface area contributed by atoms with Gasteiger partial charge in [0.15, 0.2) is 0 Å². The lowest BCUT2D eigenvalue weighted by molar-refractivity contribution is -0.135. The molecule has 16 heteroatoms. The first-order valence-electron chi connectivity index (χ1n) is 19.7. The quantitative estimate of drug-likeness (QED) is 0.239. The van der Waals surface area contributed by atoms with E-state index in [1.165, 1.54) is 6.07 Å². The summed E-state index contributed by atoms with van der Waals surface area (Å²) in [4.78, 5) is 61.5. The molecule has 3 N–H and O–H groups in total. The number of halogens is 1. The number of carbonyl (C=O) groups excluding carboxylic acids is 3. The monoisotopic (exact) mass is 775 g/mol. The van der Waals surface area contributed by atoms with Crippen LogP contribution in [0.5, 0.6) is 5.88 Å². The molecule has 15 nitrogen and oxygen atoms in total. The van der Waals surface area contributed by atoms with Crippen molar-refractivity contribution in [1.29, 1.82) is 0 Å². The van der Waals surface area contributed by atoms with Gasteiger partial charge in [0, 0.05) is 99.7 Å². The highest BCUT2D eigenvalue weighted by Gasteiger charge is 2.37. The third kappa shape index (κ3) is 7.36. The smallest absolute Gasteiger partial charge is 0.328 e. The molecule has 3 saturated heterocycles. The van der Waals surface area contributed by atoms with Gasteiger partial charge in [-0.05, 0) is 67.8 Å². The number of fused-ring (bicyclic) bond motifs is 2. The van der Waals surface area contributed by atoms with Gasteiger partial charge in [-0.15, -0.1) is 0 Å². The molecule has 5 aliphatic heterocycles. The Balaban J connectivity index is 0.761. The number of nitrogens with one attached hydrogen (secondary N) is 3. The van der Waals surface area contributed by atoms with Crippen LogP contribution in [0, 0.1) is 12.7 Å². The van der Waals surface area contributed by atoms with Crippen molar-refractivity contribution in [1.82, 2.24) is 30.1 Å². The van der Waals surface area contributed by atoms with Crippen molar-refractivity contribution in [2.45, 2.75) is 51.7 Å². The number of urea groups is 1. The van der Waals surface area contributed by atoms with E-state index in [-0.39, 0.29) is 30.3 Å². The first-order valence-corrected chi connectivity index (χ1v) is 19.7. The summed E-state index contributed by atoms with van der Waals surface area (Å²) in [6, 6.07) is 12.7. The van der Waals surface area contributed by atoms with E-state index in [1.807, 2.05) is 41.6 Å². The lowest BCUT2D eigenvalue weighted by atomic mass is 10.0. The van der Waals surface area contributed by atoms with Gasteiger partial charge >= 0.3 is 6.03 Å². The Morgan fingerprint density at radius 1 is 0.965 bits per heavy atom. The molecule has 1 atom stereocenters. The highest BCUT2D eigenvalue weighted by atomic mass is 19.1.